The second-order valence-corrected chi connectivity index (χ2v) is 3.86. The van der Waals surface area contributed by atoms with Gasteiger partial charge in [-0.3, -0.25) is 0 Å². The molecule has 16 heavy (non-hydrogen) atoms. The molecule has 84 valence electrons. The Morgan fingerprint density at radius 2 is 1.75 bits per heavy atom. The molecule has 2 aromatic heterocycles. The Kier molecular flexibility index (Phi) is 1.81. The van der Waals surface area contributed by atoms with Crippen molar-refractivity contribution in [2.75, 3.05) is 0 Å². The van der Waals surface area contributed by atoms with Crippen LogP contribution in [0.2, 0.25) is 0 Å². The van der Waals surface area contributed by atoms with Gasteiger partial charge in [-0.25, -0.2) is 9.97 Å². The average molecular weight is 220 g/mol. The molecule has 4 heteroatoms. The van der Waals surface area contributed by atoms with Gasteiger partial charge in [0.15, 0.2) is 12.6 Å². The fraction of sp³-hybridized carbons (Fsp3) is 0.500. The van der Waals surface area contributed by atoms with E-state index in [2.05, 4.69) is 15.1 Å². The summed E-state index contributed by atoms with van der Waals surface area (Å²) in [4.78, 5) is 8.90. The lowest BCUT2D eigenvalue weighted by Crippen LogP contribution is -2.39. The van der Waals surface area contributed by atoms with E-state index in [4.69, 9.17) is 4.11 Å². The third-order valence-corrected chi connectivity index (χ3v) is 2.78. The summed E-state index contributed by atoms with van der Waals surface area (Å²) in [6, 6.07) is 0. The smallest absolute Gasteiger partial charge is 0.235 e. The number of rotatable bonds is 1. The molecule has 2 rings (SSSR count). The second kappa shape index (κ2) is 3.77. The van der Waals surface area contributed by atoms with E-state index in [1.807, 2.05) is 20.8 Å². The fourth-order valence-electron chi connectivity index (χ4n) is 1.78. The van der Waals surface area contributed by atoms with Crippen LogP contribution in [0.3, 0.4) is 0 Å². The van der Waals surface area contributed by atoms with Crippen molar-refractivity contribution in [1.29, 1.82) is 0 Å². The maximum absolute atomic E-state index is 7.59. The highest BCUT2D eigenvalue weighted by Gasteiger charge is 2.18. The van der Waals surface area contributed by atoms with E-state index < -0.39 is 6.85 Å². The minimum Gasteiger partial charge on any atom is -0.247 e. The quantitative estimate of drug-likeness (QED) is 0.681. The highest BCUT2D eigenvalue weighted by Crippen LogP contribution is 2.16. The van der Waals surface area contributed by atoms with Crippen molar-refractivity contribution in [2.24, 2.45) is 7.05 Å². The molecule has 0 bridgehead atoms. The molecular weight excluding hydrogens is 200 g/mol. The van der Waals surface area contributed by atoms with Crippen molar-refractivity contribution >= 4 is 11.0 Å². The summed E-state index contributed by atoms with van der Waals surface area (Å²) in [7, 11) is 1.74. The summed E-state index contributed by atoms with van der Waals surface area (Å²) in [5, 5.41) is 4.17. The maximum Gasteiger partial charge on any atom is 0.235 e. The topological polar surface area (TPSA) is 42.5 Å². The van der Waals surface area contributed by atoms with E-state index in [1.165, 1.54) is 0 Å². The second-order valence-electron chi connectivity index (χ2n) is 3.86. The van der Waals surface area contributed by atoms with Crippen LogP contribution in [-0.2, 0) is 13.5 Å². The Morgan fingerprint density at radius 1 is 1.12 bits per heavy atom. The van der Waals surface area contributed by atoms with Gasteiger partial charge < -0.3 is 0 Å². The van der Waals surface area contributed by atoms with Gasteiger partial charge in [-0.05, 0) is 25.8 Å². The van der Waals surface area contributed by atoms with E-state index in [0.717, 1.165) is 23.5 Å². The van der Waals surface area contributed by atoms with Gasteiger partial charge in [-0.2, -0.15) is 0 Å². The summed E-state index contributed by atoms with van der Waals surface area (Å²) in [5.74, 6) is 0. The Hall–Kier alpha value is -1.58. The molecule has 0 radical (unpaired) electrons. The summed E-state index contributed by atoms with van der Waals surface area (Å²) in [5.41, 5.74) is 3.46. The van der Waals surface area contributed by atoms with Crippen LogP contribution < -0.4 is 4.68 Å². The van der Waals surface area contributed by atoms with E-state index in [9.17, 15) is 0 Å². The molecule has 0 saturated heterocycles. The zero-order chi connectivity index (χ0) is 14.4. The van der Waals surface area contributed by atoms with Gasteiger partial charge in [0.1, 0.15) is 11.2 Å². The zero-order valence-electron chi connectivity index (χ0n) is 13.0. The number of fused-ring (bicyclic) bond motifs is 1. The number of aromatic nitrogens is 4. The van der Waals surface area contributed by atoms with Gasteiger partial charge in [-0.1, -0.05) is 11.6 Å². The lowest BCUT2D eigenvalue weighted by atomic mass is 10.2. The minimum atomic E-state index is -2.29. The van der Waals surface area contributed by atoms with Crippen molar-refractivity contribution in [3.8, 4) is 0 Å². The predicted octanol–water partition coefficient (Wildman–Crippen LogP) is 1.34. The normalized spacial score (nSPS) is 14.6. The first-order valence-electron chi connectivity index (χ1n) is 6.80. The first-order chi connectivity index (χ1) is 8.75. The monoisotopic (exact) mass is 220 g/mol. The van der Waals surface area contributed by atoms with Gasteiger partial charge in [-0.15, -0.1) is 0 Å². The first-order valence-corrected chi connectivity index (χ1v) is 5.30. The lowest BCUT2D eigenvalue weighted by Gasteiger charge is -2.05. The van der Waals surface area contributed by atoms with Crippen molar-refractivity contribution in [3.63, 3.8) is 0 Å². The number of hydrogen-bond donors (Lipinski definition) is 0. The van der Waals surface area contributed by atoms with E-state index in [1.54, 1.807) is 11.7 Å². The van der Waals surface area contributed by atoms with Crippen LogP contribution in [0.15, 0.2) is 0 Å². The van der Waals surface area contributed by atoms with Gasteiger partial charge in [0.25, 0.3) is 0 Å². The summed E-state index contributed by atoms with van der Waals surface area (Å²) >= 11 is 0. The van der Waals surface area contributed by atoms with Crippen LogP contribution in [0.5, 0.6) is 0 Å². The zero-order valence-corrected chi connectivity index (χ0v) is 10.00. The van der Waals surface area contributed by atoms with Crippen molar-refractivity contribution in [1.82, 2.24) is 15.1 Å². The molecule has 0 atom stereocenters. The molecule has 0 unspecified atom stereocenters. The molecule has 0 aromatic carbocycles. The van der Waals surface area contributed by atoms with Crippen LogP contribution in [0.25, 0.3) is 11.0 Å². The Morgan fingerprint density at radius 3 is 2.31 bits per heavy atom. The summed E-state index contributed by atoms with van der Waals surface area (Å²) in [6.45, 7) is 3.39. The van der Waals surface area contributed by atoms with Crippen LogP contribution in [0.4, 0.5) is 0 Å². The lowest BCUT2D eigenvalue weighted by molar-refractivity contribution is -0.736. The van der Waals surface area contributed by atoms with Crippen LogP contribution >= 0.6 is 0 Å². The summed E-state index contributed by atoms with van der Waals surface area (Å²) in [6.07, 6.45) is 0.721. The Bertz CT molecular complexity index is 650. The number of hydrogen-bond acceptors (Lipinski definition) is 3. The molecule has 0 aliphatic rings. The molecule has 0 saturated carbocycles. The van der Waals surface area contributed by atoms with Gasteiger partial charge >= 0.3 is 0 Å². The standard InChI is InChI=1S/C12H17N4/c1-6-10-12-11(9(4)15-16(10)5)13-7(2)8(3)14-12/h6H2,1-5H3/q+1/i4D3. The first kappa shape index (κ1) is 7.65. The van der Waals surface area contributed by atoms with Crippen LogP contribution in [0, 0.1) is 20.7 Å². The number of nitrogens with zero attached hydrogens (tertiary/aromatic N) is 4. The molecule has 0 aliphatic heterocycles. The molecule has 0 amide bonds. The van der Waals surface area contributed by atoms with Crippen molar-refractivity contribution in [2.45, 2.75) is 34.0 Å². The molecule has 0 fully saturated rings. The van der Waals surface area contributed by atoms with Crippen molar-refractivity contribution in [3.05, 3.63) is 22.8 Å². The predicted molar refractivity (Wildman–Crippen MR) is 62.1 cm³/mol. The Labute approximate surface area is 99.6 Å². The molecule has 2 heterocycles. The molecular formula is C12H17N4+. The Balaban J connectivity index is 2.97. The maximum atomic E-state index is 7.59. The largest absolute Gasteiger partial charge is 0.247 e. The van der Waals surface area contributed by atoms with Crippen LogP contribution in [-0.4, -0.2) is 15.1 Å². The SMILES string of the molecule is [2H]C([2H])([2H])c1n[n+](C)c(CC)c2nc(C)c(C)nc12. The summed E-state index contributed by atoms with van der Waals surface area (Å²) < 4.78 is 24.4. The highest BCUT2D eigenvalue weighted by molar-refractivity contribution is 5.77. The van der Waals surface area contributed by atoms with Gasteiger partial charge in [0, 0.05) is 10.5 Å². The molecule has 0 N–H and O–H groups in total. The third kappa shape index (κ3) is 1.54. The van der Waals surface area contributed by atoms with E-state index in [-0.39, 0.29) is 5.69 Å². The fourth-order valence-corrected chi connectivity index (χ4v) is 1.78. The molecule has 0 aliphatic carbocycles. The van der Waals surface area contributed by atoms with E-state index >= 15 is 0 Å². The van der Waals surface area contributed by atoms with Crippen LogP contribution in [0.1, 0.15) is 33.8 Å². The molecule has 4 nitrogen and oxygen atoms in total. The highest BCUT2D eigenvalue weighted by atomic mass is 15.3. The molecule has 0 spiro atoms. The van der Waals surface area contributed by atoms with Gasteiger partial charge in [0.2, 0.25) is 5.69 Å². The minimum absolute atomic E-state index is 0.0119. The number of aryl methyl sites for hydroxylation is 5. The van der Waals surface area contributed by atoms with Gasteiger partial charge in [0.05, 0.1) is 11.4 Å². The molecule has 2 aromatic rings. The average Bonchev–Trinajstić information content (AvgIpc) is 2.29. The third-order valence-electron chi connectivity index (χ3n) is 2.78. The van der Waals surface area contributed by atoms with E-state index in [0.29, 0.717) is 11.0 Å². The van der Waals surface area contributed by atoms with Crippen molar-refractivity contribution < 1.29 is 8.79 Å².